The zero-order valence-corrected chi connectivity index (χ0v) is 16.0. The summed E-state index contributed by atoms with van der Waals surface area (Å²) in [4.78, 5) is 0. The molecule has 136 valence electrons. The summed E-state index contributed by atoms with van der Waals surface area (Å²) in [6.07, 6.45) is 12.7. The first-order chi connectivity index (χ1) is 11.6. The number of phenols is 1. The van der Waals surface area contributed by atoms with Crippen molar-refractivity contribution in [3.63, 3.8) is 0 Å². The number of allylic oxidation sites excluding steroid dienone is 3. The molecule has 1 aliphatic rings. The van der Waals surface area contributed by atoms with E-state index in [9.17, 15) is 10.2 Å². The van der Waals surface area contributed by atoms with Crippen LogP contribution in [-0.4, -0.2) is 21.4 Å². The fourth-order valence-electron chi connectivity index (χ4n) is 2.90. The van der Waals surface area contributed by atoms with Crippen LogP contribution in [0.5, 0.6) is 11.5 Å². The molecular formula is C22H30O3. The highest BCUT2D eigenvalue weighted by molar-refractivity contribution is 5.67. The van der Waals surface area contributed by atoms with Gasteiger partial charge in [0.1, 0.15) is 17.1 Å². The molecule has 0 spiro atoms. The number of fused-ring (bicyclic) bond motifs is 1. The normalized spacial score (nSPS) is 20.6. The minimum absolute atomic E-state index is 0.266. The van der Waals surface area contributed by atoms with Crippen LogP contribution in [0.25, 0.3) is 6.08 Å². The van der Waals surface area contributed by atoms with Crippen molar-refractivity contribution in [1.82, 2.24) is 0 Å². The van der Waals surface area contributed by atoms with E-state index in [2.05, 4.69) is 19.9 Å². The van der Waals surface area contributed by atoms with Crippen molar-refractivity contribution in [3.8, 4) is 11.5 Å². The maximum absolute atomic E-state index is 10.0. The predicted octanol–water partition coefficient (Wildman–Crippen LogP) is 5.31. The second-order valence-corrected chi connectivity index (χ2v) is 7.79. The smallest absolute Gasteiger partial charge is 0.131 e. The van der Waals surface area contributed by atoms with Gasteiger partial charge in [0.2, 0.25) is 0 Å². The lowest BCUT2D eigenvalue weighted by Crippen LogP contribution is -2.31. The average Bonchev–Trinajstić information content (AvgIpc) is 2.44. The van der Waals surface area contributed by atoms with Crippen LogP contribution in [0.4, 0.5) is 0 Å². The van der Waals surface area contributed by atoms with Crippen LogP contribution < -0.4 is 4.74 Å². The molecule has 25 heavy (non-hydrogen) atoms. The molecule has 0 saturated heterocycles. The van der Waals surface area contributed by atoms with Crippen molar-refractivity contribution in [2.75, 3.05) is 0 Å². The van der Waals surface area contributed by atoms with Gasteiger partial charge in [-0.05, 0) is 83.7 Å². The highest BCUT2D eigenvalue weighted by atomic mass is 16.5. The molecule has 3 heteroatoms. The molecule has 2 rings (SSSR count). The van der Waals surface area contributed by atoms with Crippen molar-refractivity contribution in [3.05, 3.63) is 53.1 Å². The summed E-state index contributed by atoms with van der Waals surface area (Å²) in [5, 5.41) is 19.7. The number of aliphatic hydroxyl groups is 1. The summed E-state index contributed by atoms with van der Waals surface area (Å²) in [5.41, 5.74) is 1.89. The average molecular weight is 342 g/mol. The van der Waals surface area contributed by atoms with E-state index in [1.807, 2.05) is 37.3 Å². The van der Waals surface area contributed by atoms with E-state index >= 15 is 0 Å². The molecule has 0 fully saturated rings. The first-order valence-electron chi connectivity index (χ1n) is 8.86. The molecule has 0 bridgehead atoms. The molecule has 1 aromatic carbocycles. The summed E-state index contributed by atoms with van der Waals surface area (Å²) in [6, 6.07) is 3.72. The molecule has 1 unspecified atom stereocenters. The van der Waals surface area contributed by atoms with E-state index in [-0.39, 0.29) is 11.4 Å². The summed E-state index contributed by atoms with van der Waals surface area (Å²) in [6.45, 7) is 9.67. The van der Waals surface area contributed by atoms with Crippen LogP contribution in [-0.2, 0) is 0 Å². The fourth-order valence-corrected chi connectivity index (χ4v) is 2.90. The van der Waals surface area contributed by atoms with Gasteiger partial charge in [-0.3, -0.25) is 0 Å². The number of hydrogen-bond donors (Lipinski definition) is 2. The van der Waals surface area contributed by atoms with Gasteiger partial charge in [-0.15, -0.1) is 0 Å². The molecule has 0 aromatic heterocycles. The fraction of sp³-hybridized carbons (Fsp3) is 0.455. The molecule has 1 aromatic rings. The van der Waals surface area contributed by atoms with Gasteiger partial charge in [-0.25, -0.2) is 0 Å². The van der Waals surface area contributed by atoms with E-state index in [1.165, 1.54) is 5.57 Å². The van der Waals surface area contributed by atoms with E-state index in [0.717, 1.165) is 36.1 Å². The summed E-state index contributed by atoms with van der Waals surface area (Å²) < 4.78 is 6.17. The molecule has 2 N–H and O–H groups in total. The number of aryl methyl sites for hydroxylation is 1. The molecular weight excluding hydrogens is 312 g/mol. The second-order valence-electron chi connectivity index (χ2n) is 7.79. The molecule has 1 atom stereocenters. The van der Waals surface area contributed by atoms with Gasteiger partial charge in [-0.2, -0.15) is 0 Å². The van der Waals surface area contributed by atoms with Crippen molar-refractivity contribution in [2.45, 2.75) is 65.1 Å². The van der Waals surface area contributed by atoms with Gasteiger partial charge < -0.3 is 14.9 Å². The summed E-state index contributed by atoms with van der Waals surface area (Å²) >= 11 is 0. The summed E-state index contributed by atoms with van der Waals surface area (Å²) in [7, 11) is 0. The Hall–Kier alpha value is -2.00. The quantitative estimate of drug-likeness (QED) is 0.689. The second kappa shape index (κ2) is 7.49. The Morgan fingerprint density at radius 3 is 2.72 bits per heavy atom. The minimum atomic E-state index is -0.758. The number of benzene rings is 1. The maximum Gasteiger partial charge on any atom is 0.131 e. The lowest BCUT2D eigenvalue weighted by molar-refractivity contribution is 0.128. The lowest BCUT2D eigenvalue weighted by Gasteiger charge is -2.32. The van der Waals surface area contributed by atoms with E-state index in [1.54, 1.807) is 19.9 Å². The van der Waals surface area contributed by atoms with E-state index < -0.39 is 5.60 Å². The standard InChI is InChI=1S/C22H30O3/c1-16(8-6-11-21(3,4)24)9-7-12-22(5)13-10-18-19(23)14-17(2)15-20(18)25-22/h6,9-11,13-15,23-24H,7-8,12H2,1-5H3/b11-6+,16-9+. The predicted molar refractivity (Wildman–Crippen MR) is 104 cm³/mol. The summed E-state index contributed by atoms with van der Waals surface area (Å²) in [5.74, 6) is 1.01. The van der Waals surface area contributed by atoms with Crippen LogP contribution in [0.15, 0.2) is 42.0 Å². The molecule has 0 amide bonds. The Morgan fingerprint density at radius 1 is 1.32 bits per heavy atom. The third-order valence-corrected chi connectivity index (χ3v) is 4.31. The molecule has 0 saturated carbocycles. The maximum atomic E-state index is 10.0. The van der Waals surface area contributed by atoms with Crippen molar-refractivity contribution in [2.24, 2.45) is 0 Å². The van der Waals surface area contributed by atoms with Crippen molar-refractivity contribution < 1.29 is 14.9 Å². The molecule has 3 nitrogen and oxygen atoms in total. The third-order valence-electron chi connectivity index (χ3n) is 4.31. The van der Waals surface area contributed by atoms with Gasteiger partial charge in [0.15, 0.2) is 0 Å². The van der Waals surface area contributed by atoms with Crippen LogP contribution >= 0.6 is 0 Å². The highest BCUT2D eigenvalue weighted by Gasteiger charge is 2.27. The number of hydrogen-bond acceptors (Lipinski definition) is 3. The Balaban J connectivity index is 1.95. The molecule has 1 aliphatic heterocycles. The zero-order chi connectivity index (χ0) is 18.7. The highest BCUT2D eigenvalue weighted by Crippen LogP contribution is 2.38. The van der Waals surface area contributed by atoms with Crippen molar-refractivity contribution >= 4 is 6.08 Å². The number of aromatic hydroxyl groups is 1. The Labute approximate surface area is 151 Å². The van der Waals surface area contributed by atoms with Crippen LogP contribution in [0.1, 0.15) is 58.1 Å². The molecule has 0 radical (unpaired) electrons. The topological polar surface area (TPSA) is 49.7 Å². The van der Waals surface area contributed by atoms with Gasteiger partial charge in [0.05, 0.1) is 11.2 Å². The number of ether oxygens (including phenoxy) is 1. The minimum Gasteiger partial charge on any atom is -0.507 e. The number of phenolic OH excluding ortho intramolecular Hbond substituents is 1. The number of rotatable bonds is 6. The zero-order valence-electron chi connectivity index (χ0n) is 16.0. The van der Waals surface area contributed by atoms with Gasteiger partial charge in [-0.1, -0.05) is 23.8 Å². The Morgan fingerprint density at radius 2 is 2.04 bits per heavy atom. The molecule has 1 heterocycles. The first-order valence-corrected chi connectivity index (χ1v) is 8.86. The van der Waals surface area contributed by atoms with E-state index in [4.69, 9.17) is 4.74 Å². The lowest BCUT2D eigenvalue weighted by atomic mass is 9.93. The van der Waals surface area contributed by atoms with Crippen LogP contribution in [0.3, 0.4) is 0 Å². The van der Waals surface area contributed by atoms with Crippen LogP contribution in [0, 0.1) is 6.92 Å². The monoisotopic (exact) mass is 342 g/mol. The Kier molecular flexibility index (Phi) is 5.79. The largest absolute Gasteiger partial charge is 0.507 e. The van der Waals surface area contributed by atoms with Gasteiger partial charge in [0.25, 0.3) is 0 Å². The van der Waals surface area contributed by atoms with Gasteiger partial charge in [0, 0.05) is 0 Å². The first kappa shape index (κ1) is 19.3. The van der Waals surface area contributed by atoms with Crippen molar-refractivity contribution in [1.29, 1.82) is 0 Å². The van der Waals surface area contributed by atoms with Gasteiger partial charge >= 0.3 is 0 Å². The third kappa shape index (κ3) is 5.79. The van der Waals surface area contributed by atoms with E-state index in [0.29, 0.717) is 0 Å². The SMILES string of the molecule is C/C(=C\CCC1(C)C=Cc2c(O)cc(C)cc2O1)C/C=C/C(C)(C)O. The van der Waals surface area contributed by atoms with Crippen LogP contribution in [0.2, 0.25) is 0 Å². The Bertz CT molecular complexity index is 705. The molecule has 0 aliphatic carbocycles.